The standard InChI is InChI=1S/C19H17N3O2/c1-13-2-4-14(5-3-13)12-24-16-7-8-17-15(10-16)6-9-18-21-20-11-19(23)22(17)18/h2-5,7-8,10-11H,6,9,12H2,1H3. The maximum atomic E-state index is 12.1. The van der Waals surface area contributed by atoms with Crippen molar-refractivity contribution in [1.29, 1.82) is 0 Å². The number of hydrogen-bond donors (Lipinski definition) is 0. The third-order valence-corrected chi connectivity index (χ3v) is 4.26. The molecule has 3 aromatic rings. The van der Waals surface area contributed by atoms with Gasteiger partial charge in [0.1, 0.15) is 24.4 Å². The third-order valence-electron chi connectivity index (χ3n) is 4.26. The van der Waals surface area contributed by atoms with Crippen molar-refractivity contribution in [3.8, 4) is 11.4 Å². The topological polar surface area (TPSA) is 57.0 Å². The molecular weight excluding hydrogens is 302 g/mol. The van der Waals surface area contributed by atoms with Gasteiger partial charge in [0.05, 0.1) is 5.69 Å². The molecule has 1 aliphatic heterocycles. The van der Waals surface area contributed by atoms with Gasteiger partial charge in [-0.1, -0.05) is 29.8 Å². The second-order valence-electron chi connectivity index (χ2n) is 6.00. The van der Waals surface area contributed by atoms with Crippen molar-refractivity contribution in [1.82, 2.24) is 14.8 Å². The predicted octanol–water partition coefficient (Wildman–Crippen LogP) is 2.61. The highest BCUT2D eigenvalue weighted by Crippen LogP contribution is 2.26. The molecule has 5 heteroatoms. The van der Waals surface area contributed by atoms with Crippen molar-refractivity contribution < 1.29 is 4.74 Å². The van der Waals surface area contributed by atoms with Crippen LogP contribution in [-0.4, -0.2) is 14.8 Å². The molecule has 24 heavy (non-hydrogen) atoms. The number of ether oxygens (including phenoxy) is 1. The summed E-state index contributed by atoms with van der Waals surface area (Å²) in [4.78, 5) is 12.1. The molecule has 1 aliphatic rings. The molecule has 0 fully saturated rings. The molecular formula is C19H17N3O2. The molecule has 1 aromatic heterocycles. The minimum absolute atomic E-state index is 0.144. The molecule has 0 N–H and O–H groups in total. The highest BCUT2D eigenvalue weighted by Gasteiger charge is 2.18. The quantitative estimate of drug-likeness (QED) is 0.744. The van der Waals surface area contributed by atoms with Crippen LogP contribution >= 0.6 is 0 Å². The van der Waals surface area contributed by atoms with Crippen molar-refractivity contribution in [2.45, 2.75) is 26.4 Å². The van der Waals surface area contributed by atoms with Crippen LogP contribution in [0, 0.1) is 6.92 Å². The van der Waals surface area contributed by atoms with E-state index in [9.17, 15) is 4.79 Å². The molecule has 0 amide bonds. The molecule has 0 bridgehead atoms. The summed E-state index contributed by atoms with van der Waals surface area (Å²) in [6, 6.07) is 14.1. The van der Waals surface area contributed by atoms with Gasteiger partial charge < -0.3 is 4.74 Å². The smallest absolute Gasteiger partial charge is 0.276 e. The molecule has 0 atom stereocenters. The Kier molecular flexibility index (Phi) is 3.61. The Morgan fingerprint density at radius 2 is 1.96 bits per heavy atom. The summed E-state index contributed by atoms with van der Waals surface area (Å²) in [6.07, 6.45) is 2.78. The van der Waals surface area contributed by atoms with Crippen LogP contribution in [-0.2, 0) is 19.4 Å². The molecule has 2 aromatic carbocycles. The average molecular weight is 319 g/mol. The first kappa shape index (κ1) is 14.6. The summed E-state index contributed by atoms with van der Waals surface area (Å²) in [5.74, 6) is 1.52. The maximum Gasteiger partial charge on any atom is 0.276 e. The van der Waals surface area contributed by atoms with Gasteiger partial charge in [-0.2, -0.15) is 5.10 Å². The van der Waals surface area contributed by atoms with Crippen LogP contribution in [0.15, 0.2) is 53.5 Å². The molecule has 0 unspecified atom stereocenters. The lowest BCUT2D eigenvalue weighted by atomic mass is 10.0. The molecule has 0 saturated heterocycles. The second kappa shape index (κ2) is 5.92. The van der Waals surface area contributed by atoms with E-state index in [1.165, 1.54) is 11.8 Å². The van der Waals surface area contributed by atoms with E-state index in [0.717, 1.165) is 29.0 Å². The van der Waals surface area contributed by atoms with Gasteiger partial charge in [-0.15, -0.1) is 5.10 Å². The lowest BCUT2D eigenvalue weighted by Crippen LogP contribution is -2.28. The second-order valence-corrected chi connectivity index (χ2v) is 6.00. The van der Waals surface area contributed by atoms with E-state index in [-0.39, 0.29) is 5.56 Å². The first-order valence-electron chi connectivity index (χ1n) is 7.96. The van der Waals surface area contributed by atoms with Gasteiger partial charge in [0.25, 0.3) is 5.56 Å². The average Bonchev–Trinajstić information content (AvgIpc) is 2.61. The van der Waals surface area contributed by atoms with Crippen LogP contribution in [0.2, 0.25) is 0 Å². The molecule has 0 aliphatic carbocycles. The summed E-state index contributed by atoms with van der Waals surface area (Å²) in [5, 5.41) is 7.82. The van der Waals surface area contributed by atoms with Gasteiger partial charge in [0, 0.05) is 6.42 Å². The van der Waals surface area contributed by atoms with Gasteiger partial charge >= 0.3 is 0 Å². The molecule has 4 rings (SSSR count). The van der Waals surface area contributed by atoms with E-state index in [4.69, 9.17) is 4.74 Å². The van der Waals surface area contributed by atoms with E-state index in [1.807, 2.05) is 18.2 Å². The summed E-state index contributed by atoms with van der Waals surface area (Å²) in [7, 11) is 0. The Hall–Kier alpha value is -2.95. The van der Waals surface area contributed by atoms with E-state index >= 15 is 0 Å². The molecule has 120 valence electrons. The van der Waals surface area contributed by atoms with Crippen LogP contribution in [0.1, 0.15) is 22.5 Å². The Balaban J connectivity index is 1.59. The highest BCUT2D eigenvalue weighted by molar-refractivity contribution is 5.48. The number of aryl methyl sites for hydroxylation is 3. The Morgan fingerprint density at radius 3 is 2.79 bits per heavy atom. The number of fused-ring (bicyclic) bond motifs is 3. The SMILES string of the molecule is Cc1ccc(COc2ccc3c(c2)CCc2nncc(=O)n2-3)cc1. The van der Waals surface area contributed by atoms with Gasteiger partial charge in [-0.05, 0) is 42.7 Å². The lowest BCUT2D eigenvalue weighted by molar-refractivity contribution is 0.306. The fourth-order valence-corrected chi connectivity index (χ4v) is 2.96. The third kappa shape index (κ3) is 2.69. The zero-order valence-corrected chi connectivity index (χ0v) is 13.4. The molecule has 2 heterocycles. The van der Waals surface area contributed by atoms with Gasteiger partial charge in [0.15, 0.2) is 0 Å². The summed E-state index contributed by atoms with van der Waals surface area (Å²) >= 11 is 0. The number of nitrogens with zero attached hydrogens (tertiary/aromatic N) is 3. The minimum atomic E-state index is -0.144. The van der Waals surface area contributed by atoms with E-state index < -0.39 is 0 Å². The minimum Gasteiger partial charge on any atom is -0.489 e. The summed E-state index contributed by atoms with van der Waals surface area (Å²) in [5.41, 5.74) is 4.20. The van der Waals surface area contributed by atoms with Gasteiger partial charge in [-0.3, -0.25) is 9.36 Å². The van der Waals surface area contributed by atoms with Crippen molar-refractivity contribution in [3.63, 3.8) is 0 Å². The summed E-state index contributed by atoms with van der Waals surface area (Å²) < 4.78 is 7.54. The number of hydrogen-bond acceptors (Lipinski definition) is 4. The van der Waals surface area contributed by atoms with Crippen LogP contribution in [0.3, 0.4) is 0 Å². The van der Waals surface area contributed by atoms with Crippen molar-refractivity contribution in [2.75, 3.05) is 0 Å². The van der Waals surface area contributed by atoms with E-state index in [0.29, 0.717) is 18.9 Å². The highest BCUT2D eigenvalue weighted by atomic mass is 16.5. The summed E-state index contributed by atoms with van der Waals surface area (Å²) in [6.45, 7) is 2.60. The van der Waals surface area contributed by atoms with Crippen molar-refractivity contribution in [3.05, 3.63) is 81.5 Å². The molecule has 0 spiro atoms. The predicted molar refractivity (Wildman–Crippen MR) is 90.5 cm³/mol. The Labute approximate surface area is 139 Å². The van der Waals surface area contributed by atoms with Crippen LogP contribution < -0.4 is 10.3 Å². The molecule has 5 nitrogen and oxygen atoms in total. The Morgan fingerprint density at radius 1 is 1.12 bits per heavy atom. The maximum absolute atomic E-state index is 12.1. The largest absolute Gasteiger partial charge is 0.489 e. The molecule has 0 saturated carbocycles. The van der Waals surface area contributed by atoms with Crippen LogP contribution in [0.5, 0.6) is 5.75 Å². The lowest BCUT2D eigenvalue weighted by Gasteiger charge is -2.20. The first-order valence-corrected chi connectivity index (χ1v) is 7.96. The zero-order valence-electron chi connectivity index (χ0n) is 13.4. The van der Waals surface area contributed by atoms with Crippen molar-refractivity contribution >= 4 is 0 Å². The zero-order chi connectivity index (χ0) is 16.5. The number of aromatic nitrogens is 3. The van der Waals surface area contributed by atoms with Crippen LogP contribution in [0.4, 0.5) is 0 Å². The van der Waals surface area contributed by atoms with E-state index in [2.05, 4.69) is 41.4 Å². The van der Waals surface area contributed by atoms with Crippen molar-refractivity contribution in [2.24, 2.45) is 0 Å². The van der Waals surface area contributed by atoms with Gasteiger partial charge in [-0.25, -0.2) is 0 Å². The normalized spacial score (nSPS) is 12.4. The van der Waals surface area contributed by atoms with Crippen LogP contribution in [0.25, 0.3) is 5.69 Å². The Bertz CT molecular complexity index is 946. The monoisotopic (exact) mass is 319 g/mol. The fourth-order valence-electron chi connectivity index (χ4n) is 2.96. The van der Waals surface area contributed by atoms with E-state index in [1.54, 1.807) is 4.57 Å². The van der Waals surface area contributed by atoms with Gasteiger partial charge in [0.2, 0.25) is 0 Å². The molecule has 0 radical (unpaired) electrons. The number of benzene rings is 2. The first-order chi connectivity index (χ1) is 11.7. The fraction of sp³-hybridized carbons (Fsp3) is 0.211. The number of rotatable bonds is 3.